The summed E-state index contributed by atoms with van der Waals surface area (Å²) in [5.41, 5.74) is 0. The van der Waals surface area contributed by atoms with Crippen LogP contribution in [0, 0.1) is 5.92 Å². The van der Waals surface area contributed by atoms with E-state index in [2.05, 4.69) is 4.98 Å². The molecule has 1 aromatic heterocycles. The Morgan fingerprint density at radius 1 is 1.73 bits per heavy atom. The van der Waals surface area contributed by atoms with Gasteiger partial charge in [0.05, 0.1) is 11.4 Å². The molecule has 0 aromatic carbocycles. The molecule has 0 N–H and O–H groups in total. The lowest BCUT2D eigenvalue weighted by molar-refractivity contribution is -0.119. The van der Waals surface area contributed by atoms with Gasteiger partial charge in [-0.3, -0.25) is 4.79 Å². The third-order valence-electron chi connectivity index (χ3n) is 1.84. The highest BCUT2D eigenvalue weighted by Crippen LogP contribution is 2.31. The van der Waals surface area contributed by atoms with Crippen molar-refractivity contribution in [3.63, 3.8) is 0 Å². The molecule has 1 aliphatic rings. The maximum absolute atomic E-state index is 11.2. The Morgan fingerprint density at radius 2 is 2.55 bits per heavy atom. The predicted octanol–water partition coefficient (Wildman–Crippen LogP) is 1.66. The first-order valence-corrected chi connectivity index (χ1v) is 4.65. The molecule has 0 bridgehead atoms. The van der Waals surface area contributed by atoms with Crippen LogP contribution >= 0.6 is 11.3 Å². The quantitative estimate of drug-likeness (QED) is 0.685. The molecule has 1 aromatic rings. The zero-order chi connectivity index (χ0) is 7.68. The highest BCUT2D eigenvalue weighted by atomic mass is 32.1. The van der Waals surface area contributed by atoms with Crippen LogP contribution in [0.4, 0.5) is 0 Å². The van der Waals surface area contributed by atoms with Gasteiger partial charge >= 0.3 is 0 Å². The van der Waals surface area contributed by atoms with Gasteiger partial charge in [-0.2, -0.15) is 0 Å². The molecule has 1 heterocycles. The van der Waals surface area contributed by atoms with E-state index in [4.69, 9.17) is 0 Å². The maximum Gasteiger partial charge on any atom is 0.142 e. The zero-order valence-corrected chi connectivity index (χ0v) is 6.93. The van der Waals surface area contributed by atoms with Crippen LogP contribution in [0.15, 0.2) is 11.6 Å². The molecule has 1 fully saturated rings. The number of aromatic nitrogens is 1. The van der Waals surface area contributed by atoms with Crippen molar-refractivity contribution in [3.8, 4) is 0 Å². The highest BCUT2D eigenvalue weighted by Gasteiger charge is 2.29. The number of rotatable bonds is 3. The van der Waals surface area contributed by atoms with Gasteiger partial charge < -0.3 is 0 Å². The van der Waals surface area contributed by atoms with E-state index in [0.29, 0.717) is 18.1 Å². The molecule has 0 atom stereocenters. The summed E-state index contributed by atoms with van der Waals surface area (Å²) in [5, 5.41) is 2.87. The fraction of sp³-hybridized carbons (Fsp3) is 0.500. The second kappa shape index (κ2) is 2.74. The highest BCUT2D eigenvalue weighted by molar-refractivity contribution is 7.09. The molecular weight excluding hydrogens is 158 g/mol. The van der Waals surface area contributed by atoms with E-state index in [1.807, 2.05) is 5.38 Å². The molecule has 2 rings (SSSR count). The Hall–Kier alpha value is -0.700. The van der Waals surface area contributed by atoms with Crippen molar-refractivity contribution in [2.75, 3.05) is 0 Å². The van der Waals surface area contributed by atoms with Crippen LogP contribution in [0.5, 0.6) is 0 Å². The van der Waals surface area contributed by atoms with Gasteiger partial charge in [0.15, 0.2) is 0 Å². The van der Waals surface area contributed by atoms with Gasteiger partial charge in [-0.15, -0.1) is 11.3 Å². The Labute approximate surface area is 69.3 Å². The van der Waals surface area contributed by atoms with Crippen molar-refractivity contribution in [2.45, 2.75) is 19.3 Å². The molecule has 0 unspecified atom stereocenters. The number of hydrogen-bond donors (Lipinski definition) is 0. The monoisotopic (exact) mass is 167 g/mol. The van der Waals surface area contributed by atoms with Gasteiger partial charge in [-0.05, 0) is 12.8 Å². The second-order valence-electron chi connectivity index (χ2n) is 2.84. The van der Waals surface area contributed by atoms with E-state index in [1.165, 1.54) is 0 Å². The molecule has 2 nitrogen and oxygen atoms in total. The van der Waals surface area contributed by atoms with Gasteiger partial charge in [-0.1, -0.05) is 0 Å². The number of carbonyl (C=O) groups excluding carboxylic acids is 1. The predicted molar refractivity (Wildman–Crippen MR) is 43.5 cm³/mol. The molecule has 58 valence electrons. The minimum Gasteiger partial charge on any atom is -0.299 e. The van der Waals surface area contributed by atoms with Gasteiger partial charge in [-0.25, -0.2) is 4.98 Å². The molecular formula is C8H9NOS. The van der Waals surface area contributed by atoms with Crippen molar-refractivity contribution < 1.29 is 4.79 Å². The summed E-state index contributed by atoms with van der Waals surface area (Å²) in [4.78, 5) is 15.3. The number of ketones is 1. The fourth-order valence-corrected chi connectivity index (χ4v) is 1.67. The Kier molecular flexibility index (Phi) is 1.74. The van der Waals surface area contributed by atoms with Gasteiger partial charge in [0.25, 0.3) is 0 Å². The summed E-state index contributed by atoms with van der Waals surface area (Å²) in [6.45, 7) is 0. The summed E-state index contributed by atoms with van der Waals surface area (Å²) in [7, 11) is 0. The molecule has 1 saturated carbocycles. The van der Waals surface area contributed by atoms with Crippen LogP contribution in [-0.4, -0.2) is 10.8 Å². The van der Waals surface area contributed by atoms with Gasteiger partial charge in [0.2, 0.25) is 0 Å². The number of Topliss-reactive ketones (excluding diaryl/α,β-unsaturated/α-hetero) is 1. The molecule has 0 saturated heterocycles. The van der Waals surface area contributed by atoms with Crippen molar-refractivity contribution in [1.82, 2.24) is 4.98 Å². The molecule has 0 radical (unpaired) electrons. The Morgan fingerprint density at radius 3 is 3.09 bits per heavy atom. The van der Waals surface area contributed by atoms with Crippen LogP contribution in [0.25, 0.3) is 0 Å². The zero-order valence-electron chi connectivity index (χ0n) is 6.12. The topological polar surface area (TPSA) is 30.0 Å². The lowest BCUT2D eigenvalue weighted by Crippen LogP contribution is -2.03. The third kappa shape index (κ3) is 1.66. The molecule has 3 heteroatoms. The van der Waals surface area contributed by atoms with E-state index in [1.54, 1.807) is 17.5 Å². The van der Waals surface area contributed by atoms with Crippen LogP contribution < -0.4 is 0 Å². The summed E-state index contributed by atoms with van der Waals surface area (Å²) < 4.78 is 0. The largest absolute Gasteiger partial charge is 0.299 e. The van der Waals surface area contributed by atoms with Crippen molar-refractivity contribution in [1.29, 1.82) is 0 Å². The minimum atomic E-state index is 0.374. The molecule has 1 aliphatic carbocycles. The van der Waals surface area contributed by atoms with Gasteiger partial charge in [0, 0.05) is 17.5 Å². The molecule has 0 amide bonds. The number of carbonyl (C=O) groups is 1. The van der Waals surface area contributed by atoms with E-state index in [-0.39, 0.29) is 0 Å². The van der Waals surface area contributed by atoms with E-state index in [9.17, 15) is 4.79 Å². The summed E-state index contributed by atoms with van der Waals surface area (Å²) in [5.74, 6) is 0.749. The van der Waals surface area contributed by atoms with E-state index < -0.39 is 0 Å². The minimum absolute atomic E-state index is 0.374. The summed E-state index contributed by atoms with van der Waals surface area (Å²) >= 11 is 1.56. The van der Waals surface area contributed by atoms with Crippen molar-refractivity contribution in [3.05, 3.63) is 16.6 Å². The lowest BCUT2D eigenvalue weighted by atomic mass is 10.2. The Balaban J connectivity index is 1.94. The van der Waals surface area contributed by atoms with E-state index in [0.717, 1.165) is 17.8 Å². The first-order chi connectivity index (χ1) is 5.36. The van der Waals surface area contributed by atoms with Crippen LogP contribution in [0.2, 0.25) is 0 Å². The lowest BCUT2D eigenvalue weighted by Gasteiger charge is -1.91. The fourth-order valence-electron chi connectivity index (χ4n) is 1.04. The van der Waals surface area contributed by atoms with Crippen LogP contribution in [0.1, 0.15) is 17.8 Å². The summed E-state index contributed by atoms with van der Waals surface area (Å²) in [6, 6.07) is 0. The second-order valence-corrected chi connectivity index (χ2v) is 3.82. The number of thiazole rings is 1. The molecule has 0 aliphatic heterocycles. The Bertz CT molecular complexity index is 251. The van der Waals surface area contributed by atoms with Crippen molar-refractivity contribution >= 4 is 17.1 Å². The average molecular weight is 167 g/mol. The SMILES string of the molecule is O=C(Cc1nccs1)C1CC1. The standard InChI is InChI=1S/C8H9NOS/c10-7(6-1-2-6)5-8-9-3-4-11-8/h3-4,6H,1-2,5H2. The molecule has 11 heavy (non-hydrogen) atoms. The average Bonchev–Trinajstić information content (AvgIpc) is 2.73. The third-order valence-corrected chi connectivity index (χ3v) is 2.62. The maximum atomic E-state index is 11.2. The first kappa shape index (κ1) is 6.98. The first-order valence-electron chi connectivity index (χ1n) is 3.77. The normalized spacial score (nSPS) is 16.7. The van der Waals surface area contributed by atoms with E-state index >= 15 is 0 Å². The van der Waals surface area contributed by atoms with Crippen molar-refractivity contribution in [2.24, 2.45) is 5.92 Å². The molecule has 0 spiro atoms. The number of nitrogens with zero attached hydrogens (tertiary/aromatic N) is 1. The number of hydrogen-bond acceptors (Lipinski definition) is 3. The summed E-state index contributed by atoms with van der Waals surface area (Å²) in [6.07, 6.45) is 4.51. The smallest absolute Gasteiger partial charge is 0.142 e. The van der Waals surface area contributed by atoms with Crippen LogP contribution in [-0.2, 0) is 11.2 Å². The van der Waals surface area contributed by atoms with Crippen LogP contribution in [0.3, 0.4) is 0 Å². The van der Waals surface area contributed by atoms with Gasteiger partial charge in [0.1, 0.15) is 5.78 Å².